The Morgan fingerprint density at radius 3 is 2.88 bits per heavy atom. The van der Waals surface area contributed by atoms with Crippen molar-refractivity contribution in [2.45, 2.75) is 26.3 Å². The van der Waals surface area contributed by atoms with Gasteiger partial charge in [0, 0.05) is 11.9 Å². The summed E-state index contributed by atoms with van der Waals surface area (Å²) in [6.07, 6.45) is 2.33. The summed E-state index contributed by atoms with van der Waals surface area (Å²) >= 11 is 4.86. The second kappa shape index (κ2) is 5.55. The van der Waals surface area contributed by atoms with Crippen LogP contribution in [0.1, 0.15) is 29.4 Å². The number of carbonyl (C=O) groups is 1. The summed E-state index contributed by atoms with van der Waals surface area (Å²) in [4.78, 5) is 16.2. The lowest BCUT2D eigenvalue weighted by Gasteiger charge is -2.15. The van der Waals surface area contributed by atoms with Gasteiger partial charge >= 0.3 is 0 Å². The average molecular weight is 237 g/mol. The highest BCUT2D eigenvalue weighted by Crippen LogP contribution is 2.04. The Balaban J connectivity index is 2.80. The maximum Gasteiger partial charge on any atom is 0.253 e. The molecule has 0 spiro atoms. The van der Waals surface area contributed by atoms with Gasteiger partial charge in [-0.1, -0.05) is 19.1 Å². The van der Waals surface area contributed by atoms with E-state index >= 15 is 0 Å². The number of nitrogens with zero attached hydrogens (tertiary/aromatic N) is 1. The van der Waals surface area contributed by atoms with Crippen LogP contribution in [0.15, 0.2) is 18.3 Å². The number of hydrogen-bond donors (Lipinski definition) is 2. The number of pyridine rings is 1. The molecule has 0 saturated heterocycles. The maximum atomic E-state index is 11.9. The van der Waals surface area contributed by atoms with Gasteiger partial charge in [0.25, 0.3) is 5.91 Å². The Morgan fingerprint density at radius 1 is 1.69 bits per heavy atom. The molecule has 0 aromatic carbocycles. The van der Waals surface area contributed by atoms with E-state index in [0.29, 0.717) is 22.7 Å². The van der Waals surface area contributed by atoms with Crippen molar-refractivity contribution in [1.82, 2.24) is 10.3 Å². The van der Waals surface area contributed by atoms with E-state index < -0.39 is 0 Å². The van der Waals surface area contributed by atoms with Gasteiger partial charge in [0.2, 0.25) is 0 Å². The normalized spacial score (nSPS) is 11.9. The van der Waals surface area contributed by atoms with E-state index in [1.165, 1.54) is 0 Å². The molecule has 0 fully saturated rings. The van der Waals surface area contributed by atoms with Crippen molar-refractivity contribution in [3.05, 3.63) is 29.6 Å². The second-order valence-electron chi connectivity index (χ2n) is 3.47. The predicted molar refractivity (Wildman–Crippen MR) is 67.3 cm³/mol. The van der Waals surface area contributed by atoms with Crippen LogP contribution in [0.25, 0.3) is 0 Å². The van der Waals surface area contributed by atoms with E-state index in [-0.39, 0.29) is 11.9 Å². The summed E-state index contributed by atoms with van der Waals surface area (Å²) in [5, 5.41) is 2.78. The third kappa shape index (κ3) is 3.00. The Bertz CT molecular complexity index is 406. The van der Waals surface area contributed by atoms with Crippen LogP contribution in [-0.2, 0) is 0 Å². The van der Waals surface area contributed by atoms with Crippen LogP contribution in [-0.4, -0.2) is 21.9 Å². The number of nitrogens with two attached hydrogens (primary N) is 1. The van der Waals surface area contributed by atoms with Gasteiger partial charge < -0.3 is 11.1 Å². The van der Waals surface area contributed by atoms with Gasteiger partial charge in [-0.05, 0) is 25.5 Å². The predicted octanol–water partition coefficient (Wildman–Crippen LogP) is 1.18. The number of aromatic nitrogens is 1. The number of rotatable bonds is 4. The van der Waals surface area contributed by atoms with Crippen molar-refractivity contribution in [3.63, 3.8) is 0 Å². The molecule has 0 aliphatic carbocycles. The number of carbonyl (C=O) groups excluding carboxylic acids is 1. The third-order valence-electron chi connectivity index (χ3n) is 2.31. The molecule has 0 saturated carbocycles. The van der Waals surface area contributed by atoms with Crippen molar-refractivity contribution in [2.75, 3.05) is 0 Å². The average Bonchev–Trinajstić information content (AvgIpc) is 2.25. The summed E-state index contributed by atoms with van der Waals surface area (Å²) in [5.41, 5.74) is 6.76. The molecule has 3 N–H and O–H groups in total. The second-order valence-corrected chi connectivity index (χ2v) is 3.94. The molecule has 86 valence electrons. The number of hydrogen-bond acceptors (Lipinski definition) is 3. The Kier molecular flexibility index (Phi) is 4.37. The first-order valence-corrected chi connectivity index (χ1v) is 5.49. The fraction of sp³-hybridized carbons (Fsp3) is 0.364. The molecule has 0 aliphatic heterocycles. The zero-order chi connectivity index (χ0) is 12.1. The number of nitrogens with one attached hydrogen (secondary N) is 1. The zero-order valence-electron chi connectivity index (χ0n) is 9.36. The summed E-state index contributed by atoms with van der Waals surface area (Å²) in [7, 11) is 0. The SMILES string of the molecule is CCC(NC(=O)c1cccnc1C)C(N)=S. The highest BCUT2D eigenvalue weighted by atomic mass is 32.1. The zero-order valence-corrected chi connectivity index (χ0v) is 10.2. The van der Waals surface area contributed by atoms with Gasteiger partial charge in [-0.15, -0.1) is 0 Å². The molecule has 0 aliphatic rings. The topological polar surface area (TPSA) is 68.0 Å². The molecule has 0 bridgehead atoms. The Labute approximate surface area is 100 Å². The van der Waals surface area contributed by atoms with Gasteiger partial charge in [0.15, 0.2) is 0 Å². The molecular weight excluding hydrogens is 222 g/mol. The summed E-state index contributed by atoms with van der Waals surface area (Å²) in [6, 6.07) is 3.19. The molecule has 1 aromatic rings. The number of thiocarbonyl (C=S) groups is 1. The van der Waals surface area contributed by atoms with Gasteiger partial charge in [-0.2, -0.15) is 0 Å². The number of aryl methyl sites for hydroxylation is 1. The highest BCUT2D eigenvalue weighted by molar-refractivity contribution is 7.80. The first-order valence-electron chi connectivity index (χ1n) is 5.08. The third-order valence-corrected chi connectivity index (χ3v) is 2.59. The van der Waals surface area contributed by atoms with Crippen molar-refractivity contribution in [1.29, 1.82) is 0 Å². The van der Waals surface area contributed by atoms with E-state index in [9.17, 15) is 4.79 Å². The van der Waals surface area contributed by atoms with Crippen molar-refractivity contribution >= 4 is 23.1 Å². The maximum absolute atomic E-state index is 11.9. The molecule has 1 unspecified atom stereocenters. The fourth-order valence-corrected chi connectivity index (χ4v) is 1.56. The first kappa shape index (κ1) is 12.6. The van der Waals surface area contributed by atoms with Crippen LogP contribution in [0.5, 0.6) is 0 Å². The van der Waals surface area contributed by atoms with Gasteiger partial charge in [-0.25, -0.2) is 0 Å². The first-order chi connectivity index (χ1) is 7.56. The van der Waals surface area contributed by atoms with Crippen molar-refractivity contribution in [2.24, 2.45) is 5.73 Å². The van der Waals surface area contributed by atoms with Gasteiger partial charge in [-0.3, -0.25) is 9.78 Å². The lowest BCUT2D eigenvalue weighted by Crippen LogP contribution is -2.43. The fourth-order valence-electron chi connectivity index (χ4n) is 1.33. The van der Waals surface area contributed by atoms with Crippen LogP contribution in [0.3, 0.4) is 0 Å². The molecule has 1 rings (SSSR count). The van der Waals surface area contributed by atoms with E-state index in [1.54, 1.807) is 25.3 Å². The van der Waals surface area contributed by atoms with Crippen molar-refractivity contribution in [3.8, 4) is 0 Å². The summed E-state index contributed by atoms with van der Waals surface area (Å²) in [5.74, 6) is -0.190. The van der Waals surface area contributed by atoms with Crippen LogP contribution in [0.4, 0.5) is 0 Å². The Morgan fingerprint density at radius 2 is 2.38 bits per heavy atom. The lowest BCUT2D eigenvalue weighted by atomic mass is 10.1. The minimum atomic E-state index is -0.262. The van der Waals surface area contributed by atoms with E-state index in [1.807, 2.05) is 6.92 Å². The minimum absolute atomic E-state index is 0.190. The monoisotopic (exact) mass is 237 g/mol. The van der Waals surface area contributed by atoms with Gasteiger partial charge in [0.05, 0.1) is 16.6 Å². The van der Waals surface area contributed by atoms with Crippen molar-refractivity contribution < 1.29 is 4.79 Å². The molecule has 1 amide bonds. The van der Waals surface area contributed by atoms with E-state index in [2.05, 4.69) is 10.3 Å². The Hall–Kier alpha value is -1.49. The van der Waals surface area contributed by atoms with Crippen LogP contribution < -0.4 is 11.1 Å². The quantitative estimate of drug-likeness (QED) is 0.772. The molecule has 1 heterocycles. The van der Waals surface area contributed by atoms with E-state index in [4.69, 9.17) is 18.0 Å². The number of amides is 1. The smallest absolute Gasteiger partial charge is 0.253 e. The molecule has 16 heavy (non-hydrogen) atoms. The molecule has 1 aromatic heterocycles. The molecule has 1 atom stereocenters. The van der Waals surface area contributed by atoms with Gasteiger partial charge in [0.1, 0.15) is 0 Å². The minimum Gasteiger partial charge on any atom is -0.392 e. The van der Waals surface area contributed by atoms with E-state index in [0.717, 1.165) is 0 Å². The standard InChI is InChI=1S/C11H15N3OS/c1-3-9(10(12)16)14-11(15)8-5-4-6-13-7(8)2/h4-6,9H,3H2,1-2H3,(H2,12,16)(H,14,15). The lowest BCUT2D eigenvalue weighted by molar-refractivity contribution is 0.0945. The molecular formula is C11H15N3OS. The van der Waals surface area contributed by atoms with Crippen LogP contribution in [0, 0.1) is 6.92 Å². The van der Waals surface area contributed by atoms with Crippen LogP contribution >= 0.6 is 12.2 Å². The summed E-state index contributed by atoms with van der Waals surface area (Å²) < 4.78 is 0. The highest BCUT2D eigenvalue weighted by Gasteiger charge is 2.15. The molecule has 4 nitrogen and oxygen atoms in total. The summed E-state index contributed by atoms with van der Waals surface area (Å²) in [6.45, 7) is 3.71. The van der Waals surface area contributed by atoms with Crippen LogP contribution in [0.2, 0.25) is 0 Å². The molecule has 5 heteroatoms. The molecule has 0 radical (unpaired) electrons. The largest absolute Gasteiger partial charge is 0.392 e.